The summed E-state index contributed by atoms with van der Waals surface area (Å²) in [7, 11) is 0. The van der Waals surface area contributed by atoms with E-state index in [9.17, 15) is 61.0 Å². The van der Waals surface area contributed by atoms with Crippen molar-refractivity contribution in [3.05, 3.63) is 60.8 Å². The van der Waals surface area contributed by atoms with Crippen molar-refractivity contribution >= 4 is 5.91 Å². The molecule has 0 bridgehead atoms. The highest BCUT2D eigenvalue weighted by Crippen LogP contribution is 2.33. The minimum absolute atomic E-state index is 0.231. The molecule has 0 radical (unpaired) electrons. The molecular weight excluding hydrogens is 1090 g/mol. The molecule has 3 rings (SSSR count). The van der Waals surface area contributed by atoms with E-state index >= 15 is 0 Å². The first kappa shape index (κ1) is 76.7. The summed E-state index contributed by atoms with van der Waals surface area (Å²) in [4.78, 5) is 13.3. The van der Waals surface area contributed by atoms with Gasteiger partial charge in [0.2, 0.25) is 5.91 Å². The molecule has 17 atom stereocenters. The summed E-state index contributed by atoms with van der Waals surface area (Å²) in [6.45, 7) is 1.60. The molecule has 17 unspecified atom stereocenters. The minimum Gasteiger partial charge on any atom is -0.394 e. The van der Waals surface area contributed by atoms with Crippen molar-refractivity contribution < 1.29 is 89.4 Å². The molecule has 0 spiro atoms. The zero-order valence-corrected chi connectivity index (χ0v) is 51.8. The van der Waals surface area contributed by atoms with Gasteiger partial charge in [-0.1, -0.05) is 203 Å². The minimum atomic E-state index is -1.98. The Morgan fingerprint density at radius 3 is 1.28 bits per heavy atom. The van der Waals surface area contributed by atoms with Crippen molar-refractivity contribution in [2.24, 2.45) is 0 Å². The number of unbranched alkanes of at least 4 members (excludes halogenated alkanes) is 25. The van der Waals surface area contributed by atoms with E-state index in [1.54, 1.807) is 6.08 Å². The summed E-state index contributed by atoms with van der Waals surface area (Å²) >= 11 is 0. The zero-order valence-electron chi connectivity index (χ0n) is 51.8. The van der Waals surface area contributed by atoms with Crippen molar-refractivity contribution in [1.82, 2.24) is 5.32 Å². The maximum Gasteiger partial charge on any atom is 0.220 e. The fourth-order valence-electron chi connectivity index (χ4n) is 10.8. The summed E-state index contributed by atoms with van der Waals surface area (Å²) in [5.41, 5.74) is 0. The lowest BCUT2D eigenvalue weighted by molar-refractivity contribution is -0.379. The molecule has 3 saturated heterocycles. The molecule has 0 aliphatic carbocycles. The van der Waals surface area contributed by atoms with Gasteiger partial charge in [-0.25, -0.2) is 0 Å². The highest BCUT2D eigenvalue weighted by atomic mass is 16.8. The van der Waals surface area contributed by atoms with Gasteiger partial charge < -0.3 is 89.9 Å². The number of ether oxygens (including phenoxy) is 6. The van der Waals surface area contributed by atoms with Crippen LogP contribution in [0, 0.1) is 0 Å². The van der Waals surface area contributed by atoms with Crippen LogP contribution < -0.4 is 5.32 Å². The van der Waals surface area contributed by atoms with Crippen LogP contribution in [0.1, 0.15) is 219 Å². The summed E-state index contributed by atoms with van der Waals surface area (Å²) < 4.78 is 34.2. The van der Waals surface area contributed by atoms with Crippen LogP contribution in [0.2, 0.25) is 0 Å². The lowest BCUT2D eigenvalue weighted by atomic mass is 9.96. The molecule has 494 valence electrons. The van der Waals surface area contributed by atoms with E-state index in [1.165, 1.54) is 128 Å². The zero-order chi connectivity index (χ0) is 61.9. The van der Waals surface area contributed by atoms with Gasteiger partial charge in [0.25, 0.3) is 0 Å². The number of allylic oxidation sites excluding steroid dienone is 9. The molecule has 3 heterocycles. The molecule has 0 aromatic carbocycles. The molecule has 3 aliphatic rings. The summed E-state index contributed by atoms with van der Waals surface area (Å²) in [5, 5.41) is 120. The Morgan fingerprint density at radius 2 is 0.812 bits per heavy atom. The van der Waals surface area contributed by atoms with E-state index in [0.717, 1.165) is 57.8 Å². The number of carbonyl (C=O) groups is 1. The van der Waals surface area contributed by atoms with Crippen molar-refractivity contribution in [3.63, 3.8) is 0 Å². The van der Waals surface area contributed by atoms with Gasteiger partial charge in [-0.2, -0.15) is 0 Å². The Labute approximate surface area is 509 Å². The first-order chi connectivity index (χ1) is 41.3. The SMILES string of the molecule is CCC/C=C/CC/C=C/CC/C=C/C(O)C(COC1OC(CO)C(OC2OC(CO)C(OC3OC(CO)C(O)C(O)C3O)C(O)C2O)C(O)C1O)NC(=O)CCCCCCCCCCCCCCCCCCC/C=C\C/C=C\CCCCCCC. The van der Waals surface area contributed by atoms with Crippen LogP contribution in [-0.2, 0) is 33.2 Å². The van der Waals surface area contributed by atoms with Crippen LogP contribution in [0.5, 0.6) is 0 Å². The second kappa shape index (κ2) is 48.4. The number of nitrogens with one attached hydrogen (secondary N) is 1. The predicted octanol–water partition coefficient (Wildman–Crippen LogP) is 7.60. The third-order valence-electron chi connectivity index (χ3n) is 16.2. The number of carbonyl (C=O) groups excluding carboxylic acids is 1. The third kappa shape index (κ3) is 31.2. The van der Waals surface area contributed by atoms with E-state index < -0.39 is 124 Å². The molecule has 0 aromatic heterocycles. The molecule has 1 amide bonds. The molecule has 12 N–H and O–H groups in total. The second-order valence-electron chi connectivity index (χ2n) is 23.6. The number of hydrogen-bond donors (Lipinski definition) is 12. The Balaban J connectivity index is 1.39. The van der Waals surface area contributed by atoms with Gasteiger partial charge in [-0.3, -0.25) is 4.79 Å². The summed E-state index contributed by atoms with van der Waals surface area (Å²) in [5.74, 6) is -0.292. The quantitative estimate of drug-likeness (QED) is 0.0206. The van der Waals surface area contributed by atoms with E-state index in [0.29, 0.717) is 12.8 Å². The topological polar surface area (TPSA) is 307 Å². The molecule has 0 aromatic rings. The van der Waals surface area contributed by atoms with Gasteiger partial charge in [0.1, 0.15) is 73.2 Å². The Kier molecular flexibility index (Phi) is 43.7. The maximum atomic E-state index is 13.3. The van der Waals surface area contributed by atoms with Crippen LogP contribution in [0.15, 0.2) is 60.8 Å². The number of aliphatic hydroxyl groups excluding tert-OH is 11. The van der Waals surface area contributed by atoms with Crippen molar-refractivity contribution in [3.8, 4) is 0 Å². The van der Waals surface area contributed by atoms with Gasteiger partial charge >= 0.3 is 0 Å². The molecular formula is C66H117NO18. The average Bonchev–Trinajstić information content (AvgIpc) is 3.70. The lowest BCUT2D eigenvalue weighted by Crippen LogP contribution is -2.66. The van der Waals surface area contributed by atoms with Crippen LogP contribution in [0.4, 0.5) is 0 Å². The first-order valence-electron chi connectivity index (χ1n) is 33.0. The third-order valence-corrected chi connectivity index (χ3v) is 16.2. The van der Waals surface area contributed by atoms with E-state index in [2.05, 4.69) is 67.8 Å². The first-order valence-corrected chi connectivity index (χ1v) is 33.0. The van der Waals surface area contributed by atoms with Gasteiger partial charge in [0.05, 0.1) is 38.6 Å². The summed E-state index contributed by atoms with van der Waals surface area (Å²) in [6.07, 6.45) is 30.9. The van der Waals surface area contributed by atoms with Gasteiger partial charge in [-0.15, -0.1) is 0 Å². The lowest BCUT2D eigenvalue weighted by Gasteiger charge is -2.48. The number of amides is 1. The Hall–Kier alpha value is -2.51. The highest BCUT2D eigenvalue weighted by Gasteiger charge is 2.53. The van der Waals surface area contributed by atoms with Crippen LogP contribution in [0.25, 0.3) is 0 Å². The average molecular weight is 1210 g/mol. The maximum absolute atomic E-state index is 13.3. The predicted molar refractivity (Wildman–Crippen MR) is 328 cm³/mol. The monoisotopic (exact) mass is 1210 g/mol. The van der Waals surface area contributed by atoms with Gasteiger partial charge in [0, 0.05) is 6.42 Å². The highest BCUT2D eigenvalue weighted by molar-refractivity contribution is 5.76. The molecule has 19 heteroatoms. The smallest absolute Gasteiger partial charge is 0.220 e. The van der Waals surface area contributed by atoms with E-state index in [1.807, 2.05) is 6.08 Å². The van der Waals surface area contributed by atoms with Gasteiger partial charge in [0.15, 0.2) is 18.9 Å². The molecule has 19 nitrogen and oxygen atoms in total. The number of hydrogen-bond acceptors (Lipinski definition) is 18. The summed E-state index contributed by atoms with van der Waals surface area (Å²) in [6, 6.07) is -0.996. The molecule has 85 heavy (non-hydrogen) atoms. The molecule has 3 aliphatic heterocycles. The standard InChI is InChI=1S/C66H117NO18/c1-3-5-7-9-11-13-15-16-17-18-19-20-21-22-23-24-25-26-27-28-29-30-31-32-34-36-38-40-42-44-54(72)67-49(50(71)43-41-39-37-35-33-14-12-10-8-6-4-2)48-80-64-60(78)57(75)62(52(46-69)82-64)85-66-61(79)58(76)63(53(47-70)83-66)84-65-59(77)56(74)55(73)51(45-68)81-65/h8,10,15-16,18-19,33,35,41,43,49-53,55-66,68-71,73-79H,3-7,9,11-14,17,20-32,34,36-40,42,44-48H2,1-2H3,(H,67,72)/b10-8+,16-15-,19-18-,35-33+,43-41+. The fourth-order valence-corrected chi connectivity index (χ4v) is 10.8. The van der Waals surface area contributed by atoms with Crippen molar-refractivity contribution in [2.75, 3.05) is 26.4 Å². The van der Waals surface area contributed by atoms with Crippen LogP contribution in [0.3, 0.4) is 0 Å². The van der Waals surface area contributed by atoms with Crippen LogP contribution in [-0.4, -0.2) is 193 Å². The fraction of sp³-hybridized carbons (Fsp3) is 0.833. The number of aliphatic hydroxyl groups is 11. The molecule has 0 saturated carbocycles. The van der Waals surface area contributed by atoms with Crippen molar-refractivity contribution in [1.29, 1.82) is 0 Å². The normalized spacial score (nSPS) is 29.4. The van der Waals surface area contributed by atoms with E-state index in [4.69, 9.17) is 28.4 Å². The number of rotatable bonds is 49. The van der Waals surface area contributed by atoms with Crippen molar-refractivity contribution in [2.45, 2.75) is 324 Å². The van der Waals surface area contributed by atoms with E-state index in [-0.39, 0.29) is 18.9 Å². The Bertz CT molecular complexity index is 1780. The molecule has 3 fully saturated rings. The van der Waals surface area contributed by atoms with Gasteiger partial charge in [-0.05, 0) is 70.6 Å². The van der Waals surface area contributed by atoms with Crippen LogP contribution >= 0.6 is 0 Å². The second-order valence-corrected chi connectivity index (χ2v) is 23.6. The Morgan fingerprint density at radius 1 is 0.424 bits per heavy atom. The largest absolute Gasteiger partial charge is 0.394 e.